The van der Waals surface area contributed by atoms with Crippen LogP contribution in [0.3, 0.4) is 0 Å². The van der Waals surface area contributed by atoms with Crippen LogP contribution in [0.4, 0.5) is 0 Å². The Morgan fingerprint density at radius 1 is 1.21 bits per heavy atom. The topological polar surface area (TPSA) is 89.4 Å². The van der Waals surface area contributed by atoms with E-state index < -0.39 is 15.1 Å². The van der Waals surface area contributed by atoms with Crippen molar-refractivity contribution >= 4 is 10.1 Å². The zero-order valence-corrected chi connectivity index (χ0v) is 10.6. The van der Waals surface area contributed by atoms with Gasteiger partial charge in [0, 0.05) is 24.4 Å². The molecule has 1 aliphatic rings. The second-order valence-corrected chi connectivity index (χ2v) is 5.41. The first-order valence-electron chi connectivity index (χ1n) is 5.61. The highest BCUT2D eigenvalue weighted by Gasteiger charge is 2.24. The average molecular weight is 278 g/mol. The second kappa shape index (κ2) is 4.29. The van der Waals surface area contributed by atoms with Crippen molar-refractivity contribution in [2.75, 3.05) is 6.61 Å². The van der Waals surface area contributed by atoms with Crippen molar-refractivity contribution in [2.24, 2.45) is 0 Å². The van der Waals surface area contributed by atoms with Crippen LogP contribution in [0.2, 0.25) is 0 Å². The average Bonchev–Trinajstić information content (AvgIpc) is 2.85. The fourth-order valence-corrected chi connectivity index (χ4v) is 2.70. The van der Waals surface area contributed by atoms with E-state index in [0.717, 1.165) is 12.0 Å². The van der Waals surface area contributed by atoms with E-state index in [1.54, 1.807) is 12.1 Å². The number of ether oxygens (including phenoxy) is 1. The monoisotopic (exact) mass is 278 g/mol. The summed E-state index contributed by atoms with van der Waals surface area (Å²) in [5.41, 5.74) is 1.61. The molecule has 1 aromatic carbocycles. The Balaban J connectivity index is 2.27. The van der Waals surface area contributed by atoms with Crippen LogP contribution in [0.5, 0.6) is 5.75 Å². The largest absolute Gasteiger partial charge is 0.492 e. The Kier molecular flexibility index (Phi) is 2.72. The molecular formula is C12H10N2O4S. The van der Waals surface area contributed by atoms with Gasteiger partial charge < -0.3 is 4.74 Å². The van der Waals surface area contributed by atoms with Crippen molar-refractivity contribution in [3.63, 3.8) is 0 Å². The molecular weight excluding hydrogens is 268 g/mol. The van der Waals surface area contributed by atoms with Crippen LogP contribution in [-0.4, -0.2) is 29.5 Å². The van der Waals surface area contributed by atoms with E-state index in [1.165, 1.54) is 12.4 Å². The summed E-state index contributed by atoms with van der Waals surface area (Å²) < 4.78 is 37.4. The predicted octanol–water partition coefficient (Wildman–Crippen LogP) is 1.33. The van der Waals surface area contributed by atoms with Crippen LogP contribution in [0.25, 0.3) is 11.3 Å². The molecule has 0 bridgehead atoms. The van der Waals surface area contributed by atoms with Gasteiger partial charge in [0.2, 0.25) is 5.03 Å². The quantitative estimate of drug-likeness (QED) is 0.833. The smallest absolute Gasteiger partial charge is 0.314 e. The number of rotatable bonds is 2. The normalized spacial score (nSPS) is 13.9. The molecule has 98 valence electrons. The number of nitrogens with zero attached hydrogens (tertiary/aromatic N) is 2. The fourth-order valence-electron chi connectivity index (χ4n) is 2.10. The van der Waals surface area contributed by atoms with Gasteiger partial charge in [-0.15, -0.1) is 0 Å². The molecule has 0 fully saturated rings. The lowest BCUT2D eigenvalue weighted by Gasteiger charge is -2.09. The molecule has 1 N–H and O–H groups in total. The summed E-state index contributed by atoms with van der Waals surface area (Å²) >= 11 is 0. The zero-order valence-electron chi connectivity index (χ0n) is 9.78. The number of para-hydroxylation sites is 1. The van der Waals surface area contributed by atoms with E-state index >= 15 is 0 Å². The van der Waals surface area contributed by atoms with Crippen LogP contribution in [0.15, 0.2) is 35.6 Å². The van der Waals surface area contributed by atoms with Gasteiger partial charge in [-0.2, -0.15) is 8.42 Å². The summed E-state index contributed by atoms with van der Waals surface area (Å²) in [7, 11) is -4.43. The van der Waals surface area contributed by atoms with Crippen molar-refractivity contribution in [1.82, 2.24) is 9.97 Å². The van der Waals surface area contributed by atoms with Crippen LogP contribution >= 0.6 is 0 Å². The van der Waals surface area contributed by atoms with E-state index in [2.05, 4.69) is 9.97 Å². The number of fused-ring (bicyclic) bond motifs is 1. The minimum Gasteiger partial charge on any atom is -0.492 e. The first-order valence-corrected chi connectivity index (χ1v) is 7.05. The van der Waals surface area contributed by atoms with Gasteiger partial charge in [-0.25, -0.2) is 4.98 Å². The molecule has 0 saturated carbocycles. The van der Waals surface area contributed by atoms with Crippen LogP contribution in [0.1, 0.15) is 5.56 Å². The highest BCUT2D eigenvalue weighted by Crippen LogP contribution is 2.37. The predicted molar refractivity (Wildman–Crippen MR) is 66.5 cm³/mol. The second-order valence-electron chi connectivity index (χ2n) is 4.08. The summed E-state index contributed by atoms with van der Waals surface area (Å²) in [6.07, 6.45) is 3.36. The Morgan fingerprint density at radius 2 is 2.00 bits per heavy atom. The van der Waals surface area contributed by atoms with E-state index in [9.17, 15) is 13.0 Å². The Morgan fingerprint density at radius 3 is 2.79 bits per heavy atom. The molecule has 0 radical (unpaired) electrons. The van der Waals surface area contributed by atoms with Crippen LogP contribution < -0.4 is 4.74 Å². The highest BCUT2D eigenvalue weighted by atomic mass is 32.2. The molecule has 0 saturated heterocycles. The van der Waals surface area contributed by atoms with Crippen molar-refractivity contribution in [1.29, 1.82) is 0 Å². The Labute approximate surface area is 109 Å². The third kappa shape index (κ3) is 2.06. The molecule has 1 aliphatic heterocycles. The Hall–Kier alpha value is -1.99. The number of aromatic nitrogens is 2. The van der Waals surface area contributed by atoms with Gasteiger partial charge in [0.25, 0.3) is 0 Å². The van der Waals surface area contributed by atoms with Crippen molar-refractivity contribution in [2.45, 2.75) is 11.4 Å². The van der Waals surface area contributed by atoms with E-state index in [1.807, 2.05) is 6.07 Å². The molecule has 6 nitrogen and oxygen atoms in total. The van der Waals surface area contributed by atoms with Gasteiger partial charge in [0.15, 0.2) is 0 Å². The first kappa shape index (κ1) is 12.1. The molecule has 2 heterocycles. The van der Waals surface area contributed by atoms with Crippen molar-refractivity contribution in [3.05, 3.63) is 36.2 Å². The van der Waals surface area contributed by atoms with Gasteiger partial charge in [-0.05, 0) is 11.6 Å². The molecule has 0 unspecified atom stereocenters. The molecule has 0 atom stereocenters. The molecule has 19 heavy (non-hydrogen) atoms. The highest BCUT2D eigenvalue weighted by molar-refractivity contribution is 7.85. The fraction of sp³-hybridized carbons (Fsp3) is 0.167. The SMILES string of the molecule is O=S(=O)(O)c1nccnc1-c1cccc2c1OCC2. The molecule has 0 spiro atoms. The molecule has 2 aromatic rings. The molecule has 7 heteroatoms. The minimum atomic E-state index is -4.43. The lowest BCUT2D eigenvalue weighted by atomic mass is 10.1. The summed E-state index contributed by atoms with van der Waals surface area (Å²) in [6.45, 7) is 0.549. The van der Waals surface area contributed by atoms with Gasteiger partial charge in [-0.3, -0.25) is 9.54 Å². The van der Waals surface area contributed by atoms with E-state index in [4.69, 9.17) is 4.74 Å². The lowest BCUT2D eigenvalue weighted by molar-refractivity contribution is 0.358. The lowest BCUT2D eigenvalue weighted by Crippen LogP contribution is -2.05. The maximum absolute atomic E-state index is 11.3. The molecule has 3 rings (SSSR count). The Bertz CT molecular complexity index is 743. The van der Waals surface area contributed by atoms with Crippen LogP contribution in [-0.2, 0) is 16.5 Å². The standard InChI is InChI=1S/C12H10N2O4S/c15-19(16,17)12-10(13-5-6-14-12)9-3-1-2-8-4-7-18-11(8)9/h1-3,5-6H,4,7H2,(H,15,16,17). The number of hydrogen-bond acceptors (Lipinski definition) is 5. The summed E-state index contributed by atoms with van der Waals surface area (Å²) in [5.74, 6) is 0.605. The number of benzene rings is 1. The van der Waals surface area contributed by atoms with Gasteiger partial charge in [0.05, 0.1) is 6.61 Å². The van der Waals surface area contributed by atoms with E-state index in [0.29, 0.717) is 17.9 Å². The maximum atomic E-state index is 11.3. The van der Waals surface area contributed by atoms with Gasteiger partial charge in [-0.1, -0.05) is 12.1 Å². The molecule has 0 aliphatic carbocycles. The summed E-state index contributed by atoms with van der Waals surface area (Å²) in [6, 6.07) is 5.41. The third-order valence-electron chi connectivity index (χ3n) is 2.88. The summed E-state index contributed by atoms with van der Waals surface area (Å²) in [5, 5.41) is -0.459. The van der Waals surface area contributed by atoms with Gasteiger partial charge >= 0.3 is 10.1 Å². The van der Waals surface area contributed by atoms with E-state index in [-0.39, 0.29) is 5.69 Å². The zero-order chi connectivity index (χ0) is 13.5. The number of hydrogen-bond donors (Lipinski definition) is 1. The van der Waals surface area contributed by atoms with Crippen molar-refractivity contribution < 1.29 is 17.7 Å². The van der Waals surface area contributed by atoms with Crippen molar-refractivity contribution in [3.8, 4) is 17.0 Å². The van der Waals surface area contributed by atoms with Gasteiger partial charge in [0.1, 0.15) is 11.4 Å². The summed E-state index contributed by atoms with van der Waals surface area (Å²) in [4.78, 5) is 7.71. The van der Waals surface area contributed by atoms with Crippen LogP contribution in [0, 0.1) is 0 Å². The minimum absolute atomic E-state index is 0.101. The maximum Gasteiger partial charge on any atom is 0.314 e. The first-order chi connectivity index (χ1) is 9.07. The molecule has 0 amide bonds. The molecule has 1 aromatic heterocycles. The third-order valence-corrected chi connectivity index (χ3v) is 3.67.